The molecular weight excluding hydrogens is 320 g/mol. The van der Waals surface area contributed by atoms with Gasteiger partial charge in [-0.1, -0.05) is 78.9 Å². The van der Waals surface area contributed by atoms with Gasteiger partial charge in [0.2, 0.25) is 0 Å². The first-order valence-corrected chi connectivity index (χ1v) is 8.55. The molecule has 0 fully saturated rings. The smallest absolute Gasteiger partial charge is 0.195 e. The van der Waals surface area contributed by atoms with Gasteiger partial charge in [0.1, 0.15) is 0 Å². The summed E-state index contributed by atoms with van der Waals surface area (Å²) in [5.74, 6) is -0.200. The zero-order valence-corrected chi connectivity index (χ0v) is 13.9. The SMILES string of the molecule is O=C(c1ccccc1)c1ccc2cccc3c2c1C(=O)c1ccccc1-3. The first-order valence-electron chi connectivity index (χ1n) is 8.55. The van der Waals surface area contributed by atoms with Gasteiger partial charge in [-0.2, -0.15) is 0 Å². The zero-order valence-electron chi connectivity index (χ0n) is 13.9. The van der Waals surface area contributed by atoms with Crippen molar-refractivity contribution in [1.82, 2.24) is 0 Å². The molecule has 5 rings (SSSR count). The lowest BCUT2D eigenvalue weighted by Gasteiger charge is -2.21. The van der Waals surface area contributed by atoms with Crippen LogP contribution in [0.3, 0.4) is 0 Å². The van der Waals surface area contributed by atoms with Gasteiger partial charge in [0.05, 0.1) is 0 Å². The Morgan fingerprint density at radius 3 is 2.12 bits per heavy atom. The van der Waals surface area contributed by atoms with Crippen molar-refractivity contribution in [1.29, 1.82) is 0 Å². The van der Waals surface area contributed by atoms with Gasteiger partial charge in [0.25, 0.3) is 0 Å². The minimum atomic E-state index is -0.120. The van der Waals surface area contributed by atoms with Gasteiger partial charge in [-0.15, -0.1) is 0 Å². The summed E-state index contributed by atoms with van der Waals surface area (Å²) in [7, 11) is 0. The molecule has 2 nitrogen and oxygen atoms in total. The molecule has 0 spiro atoms. The maximum Gasteiger partial charge on any atom is 0.195 e. The second-order valence-electron chi connectivity index (χ2n) is 6.46. The summed E-state index contributed by atoms with van der Waals surface area (Å²) >= 11 is 0. The number of ketones is 2. The van der Waals surface area contributed by atoms with E-state index < -0.39 is 0 Å². The summed E-state index contributed by atoms with van der Waals surface area (Å²) in [6.45, 7) is 0. The van der Waals surface area contributed by atoms with Crippen molar-refractivity contribution >= 4 is 22.3 Å². The van der Waals surface area contributed by atoms with E-state index in [-0.39, 0.29) is 11.6 Å². The number of fused-ring (bicyclic) bond motifs is 2. The minimum absolute atomic E-state index is 0.0795. The van der Waals surface area contributed by atoms with Crippen LogP contribution in [-0.2, 0) is 0 Å². The molecule has 1 aliphatic carbocycles. The molecule has 0 aromatic heterocycles. The maximum absolute atomic E-state index is 13.3. The largest absolute Gasteiger partial charge is 0.289 e. The average molecular weight is 334 g/mol. The van der Waals surface area contributed by atoms with Crippen molar-refractivity contribution in [2.75, 3.05) is 0 Å². The lowest BCUT2D eigenvalue weighted by atomic mass is 9.79. The lowest BCUT2D eigenvalue weighted by Crippen LogP contribution is -2.16. The quantitative estimate of drug-likeness (QED) is 0.411. The third kappa shape index (κ3) is 1.99. The van der Waals surface area contributed by atoms with E-state index in [9.17, 15) is 9.59 Å². The number of carbonyl (C=O) groups excluding carboxylic acids is 2. The fourth-order valence-electron chi connectivity index (χ4n) is 3.82. The first kappa shape index (κ1) is 14.8. The molecule has 26 heavy (non-hydrogen) atoms. The molecule has 0 saturated carbocycles. The minimum Gasteiger partial charge on any atom is -0.289 e. The predicted molar refractivity (Wildman–Crippen MR) is 103 cm³/mol. The first-order chi connectivity index (χ1) is 12.8. The highest BCUT2D eigenvalue weighted by molar-refractivity contribution is 6.30. The Balaban J connectivity index is 1.87. The fourth-order valence-corrected chi connectivity index (χ4v) is 3.82. The van der Waals surface area contributed by atoms with Crippen LogP contribution in [0.2, 0.25) is 0 Å². The molecule has 0 bridgehead atoms. The number of rotatable bonds is 2. The summed E-state index contributed by atoms with van der Waals surface area (Å²) in [6.07, 6.45) is 0. The van der Waals surface area contributed by atoms with Gasteiger partial charge in [0, 0.05) is 27.6 Å². The normalized spacial score (nSPS) is 12.1. The summed E-state index contributed by atoms with van der Waals surface area (Å²) < 4.78 is 0. The molecule has 1 aliphatic rings. The molecular formula is C24H14O2. The molecule has 122 valence electrons. The van der Waals surface area contributed by atoms with Gasteiger partial charge < -0.3 is 0 Å². The third-order valence-electron chi connectivity index (χ3n) is 5.02. The number of hydrogen-bond donors (Lipinski definition) is 0. The highest BCUT2D eigenvalue weighted by Gasteiger charge is 2.29. The Morgan fingerprint density at radius 1 is 0.615 bits per heavy atom. The van der Waals surface area contributed by atoms with Gasteiger partial charge in [-0.3, -0.25) is 9.59 Å². The highest BCUT2D eigenvalue weighted by atomic mass is 16.1. The van der Waals surface area contributed by atoms with Crippen LogP contribution in [0.25, 0.3) is 21.9 Å². The average Bonchev–Trinajstić information content (AvgIpc) is 2.71. The van der Waals surface area contributed by atoms with E-state index in [0.717, 1.165) is 21.9 Å². The topological polar surface area (TPSA) is 34.1 Å². The summed E-state index contributed by atoms with van der Waals surface area (Å²) in [5, 5.41) is 1.85. The van der Waals surface area contributed by atoms with E-state index in [1.54, 1.807) is 18.2 Å². The second-order valence-corrected chi connectivity index (χ2v) is 6.46. The number of benzene rings is 4. The second kappa shape index (κ2) is 5.50. The Morgan fingerprint density at radius 2 is 1.31 bits per heavy atom. The van der Waals surface area contributed by atoms with Crippen molar-refractivity contribution < 1.29 is 9.59 Å². The molecule has 0 unspecified atom stereocenters. The van der Waals surface area contributed by atoms with Crippen molar-refractivity contribution in [3.05, 3.63) is 107 Å². The van der Waals surface area contributed by atoms with Gasteiger partial charge in [0.15, 0.2) is 11.6 Å². The molecule has 0 saturated heterocycles. The molecule has 0 radical (unpaired) electrons. The van der Waals surface area contributed by atoms with Gasteiger partial charge in [-0.25, -0.2) is 0 Å². The van der Waals surface area contributed by atoms with Crippen LogP contribution in [0.4, 0.5) is 0 Å². The van der Waals surface area contributed by atoms with Crippen LogP contribution in [0.1, 0.15) is 31.8 Å². The molecule has 0 atom stereocenters. The van der Waals surface area contributed by atoms with E-state index in [1.165, 1.54) is 0 Å². The maximum atomic E-state index is 13.3. The predicted octanol–water partition coefficient (Wildman–Crippen LogP) is 5.28. The molecule has 0 N–H and O–H groups in total. The summed E-state index contributed by atoms with van der Waals surface area (Å²) in [4.78, 5) is 26.4. The van der Waals surface area contributed by atoms with E-state index in [4.69, 9.17) is 0 Å². The summed E-state index contributed by atoms with van der Waals surface area (Å²) in [6, 6.07) is 26.4. The van der Waals surface area contributed by atoms with Crippen LogP contribution < -0.4 is 0 Å². The van der Waals surface area contributed by atoms with Crippen LogP contribution >= 0.6 is 0 Å². The Bertz CT molecular complexity index is 1200. The fraction of sp³-hybridized carbons (Fsp3) is 0. The van der Waals surface area contributed by atoms with Crippen molar-refractivity contribution in [3.63, 3.8) is 0 Å². The van der Waals surface area contributed by atoms with Crippen LogP contribution in [0.15, 0.2) is 84.9 Å². The standard InChI is InChI=1S/C24H14O2/c25-23(16-7-2-1-3-8-16)20-14-13-15-9-6-12-18-17-10-4-5-11-19(17)24(26)22(20)21(15)18/h1-14H. The van der Waals surface area contributed by atoms with Gasteiger partial charge in [-0.05, 0) is 22.6 Å². The van der Waals surface area contributed by atoms with Crippen LogP contribution in [0.5, 0.6) is 0 Å². The monoisotopic (exact) mass is 334 g/mol. The van der Waals surface area contributed by atoms with Gasteiger partial charge >= 0.3 is 0 Å². The summed E-state index contributed by atoms with van der Waals surface area (Å²) in [5.41, 5.74) is 4.17. The van der Waals surface area contributed by atoms with Crippen LogP contribution in [-0.4, -0.2) is 11.6 Å². The molecule has 0 heterocycles. The molecule has 4 aromatic rings. The van der Waals surface area contributed by atoms with Crippen molar-refractivity contribution in [2.45, 2.75) is 0 Å². The number of hydrogen-bond acceptors (Lipinski definition) is 2. The Hall–Kier alpha value is -3.52. The van der Waals surface area contributed by atoms with Crippen molar-refractivity contribution in [2.24, 2.45) is 0 Å². The molecule has 2 heteroatoms. The Kier molecular flexibility index (Phi) is 3.13. The van der Waals surface area contributed by atoms with E-state index >= 15 is 0 Å². The highest BCUT2D eigenvalue weighted by Crippen LogP contribution is 2.40. The third-order valence-corrected chi connectivity index (χ3v) is 5.02. The van der Waals surface area contributed by atoms with E-state index in [1.807, 2.05) is 66.7 Å². The molecule has 0 amide bonds. The zero-order chi connectivity index (χ0) is 17.7. The number of carbonyl (C=O) groups is 2. The van der Waals surface area contributed by atoms with Crippen LogP contribution in [0, 0.1) is 0 Å². The van der Waals surface area contributed by atoms with E-state index in [0.29, 0.717) is 22.3 Å². The van der Waals surface area contributed by atoms with E-state index in [2.05, 4.69) is 0 Å². The Labute approximate surface area is 150 Å². The van der Waals surface area contributed by atoms with Crippen molar-refractivity contribution in [3.8, 4) is 11.1 Å². The molecule has 0 aliphatic heterocycles. The lowest BCUT2D eigenvalue weighted by molar-refractivity contribution is 0.100. The molecule has 4 aromatic carbocycles.